The summed E-state index contributed by atoms with van der Waals surface area (Å²) in [5, 5.41) is 0. The van der Waals surface area contributed by atoms with Gasteiger partial charge in [0.05, 0.1) is 0 Å². The summed E-state index contributed by atoms with van der Waals surface area (Å²) in [6.45, 7) is 8.94. The molecule has 0 N–H and O–H groups in total. The monoisotopic (exact) mass is 779 g/mol. The van der Waals surface area contributed by atoms with Crippen molar-refractivity contribution in [3.63, 3.8) is 0 Å². The highest BCUT2D eigenvalue weighted by molar-refractivity contribution is 5.71. The Morgan fingerprint density at radius 3 is 0.891 bits per heavy atom. The molecule has 0 aliphatic carbocycles. The molecule has 6 nitrogen and oxygen atoms in total. The molecule has 0 saturated heterocycles. The first kappa shape index (κ1) is 53.4. The Morgan fingerprint density at radius 1 is 0.345 bits per heavy atom. The maximum Gasteiger partial charge on any atom is 0.306 e. The average molecular weight is 779 g/mol. The predicted molar refractivity (Wildman–Crippen MR) is 233 cm³/mol. The van der Waals surface area contributed by atoms with Gasteiger partial charge in [-0.15, -0.1) is 0 Å². The van der Waals surface area contributed by atoms with E-state index in [1.54, 1.807) is 0 Å². The first-order valence-corrected chi connectivity index (χ1v) is 24.4. The molecule has 0 aromatic heterocycles. The Labute approximate surface area is 342 Å². The molecule has 0 aliphatic heterocycles. The molecule has 326 valence electrons. The fraction of sp³-hybridized carbons (Fsp3) is 0.939. The molecule has 1 atom stereocenters. The number of carbonyl (C=O) groups is 3. The fourth-order valence-corrected chi connectivity index (χ4v) is 7.33. The molecule has 0 bridgehead atoms. The smallest absolute Gasteiger partial charge is 0.306 e. The lowest BCUT2D eigenvalue weighted by Crippen LogP contribution is -2.30. The zero-order valence-electron chi connectivity index (χ0n) is 37.4. The van der Waals surface area contributed by atoms with E-state index in [1.165, 1.54) is 167 Å². The van der Waals surface area contributed by atoms with Crippen LogP contribution < -0.4 is 0 Å². The van der Waals surface area contributed by atoms with E-state index in [2.05, 4.69) is 27.7 Å². The minimum atomic E-state index is -0.759. The van der Waals surface area contributed by atoms with E-state index in [1.807, 2.05) is 0 Å². The van der Waals surface area contributed by atoms with Crippen LogP contribution in [-0.2, 0) is 28.6 Å². The summed E-state index contributed by atoms with van der Waals surface area (Å²) >= 11 is 0. The predicted octanol–water partition coefficient (Wildman–Crippen LogP) is 15.5. The second-order valence-corrected chi connectivity index (χ2v) is 17.2. The lowest BCUT2D eigenvalue weighted by molar-refractivity contribution is -0.167. The Balaban J connectivity index is 4.16. The first-order chi connectivity index (χ1) is 26.9. The normalized spacial score (nSPS) is 11.9. The molecule has 0 amide bonds. The summed E-state index contributed by atoms with van der Waals surface area (Å²) in [7, 11) is 0. The second kappa shape index (κ2) is 43.5. The van der Waals surface area contributed by atoms with Crippen molar-refractivity contribution < 1.29 is 28.6 Å². The highest BCUT2D eigenvalue weighted by Crippen LogP contribution is 2.17. The van der Waals surface area contributed by atoms with Gasteiger partial charge in [-0.05, 0) is 25.2 Å². The van der Waals surface area contributed by atoms with E-state index >= 15 is 0 Å². The van der Waals surface area contributed by atoms with Crippen molar-refractivity contribution >= 4 is 17.9 Å². The van der Waals surface area contributed by atoms with Gasteiger partial charge >= 0.3 is 17.9 Å². The minimum absolute atomic E-state index is 0.0643. The number of rotatable bonds is 44. The first-order valence-electron chi connectivity index (χ1n) is 24.4. The van der Waals surface area contributed by atoms with Crippen LogP contribution in [0.4, 0.5) is 0 Å². The van der Waals surface area contributed by atoms with Crippen molar-refractivity contribution in [3.05, 3.63) is 0 Å². The molecule has 0 heterocycles. The Bertz CT molecular complexity index is 826. The van der Waals surface area contributed by atoms with Gasteiger partial charge in [-0.2, -0.15) is 0 Å². The van der Waals surface area contributed by atoms with Crippen molar-refractivity contribution in [2.75, 3.05) is 13.2 Å². The third kappa shape index (κ3) is 43.4. The fourth-order valence-electron chi connectivity index (χ4n) is 7.33. The van der Waals surface area contributed by atoms with E-state index in [0.29, 0.717) is 19.3 Å². The summed E-state index contributed by atoms with van der Waals surface area (Å²) in [6.07, 6.45) is 44.0. The van der Waals surface area contributed by atoms with Gasteiger partial charge < -0.3 is 14.2 Å². The van der Waals surface area contributed by atoms with E-state index in [-0.39, 0.29) is 31.1 Å². The van der Waals surface area contributed by atoms with Crippen molar-refractivity contribution in [1.82, 2.24) is 0 Å². The zero-order chi connectivity index (χ0) is 40.3. The number of hydrogen-bond donors (Lipinski definition) is 0. The number of ether oxygens (including phenoxy) is 3. The van der Waals surface area contributed by atoms with Gasteiger partial charge in [-0.25, -0.2) is 0 Å². The van der Waals surface area contributed by atoms with E-state index < -0.39 is 6.10 Å². The summed E-state index contributed by atoms with van der Waals surface area (Å²) in [5.74, 6) is -0.0657. The van der Waals surface area contributed by atoms with Crippen LogP contribution in [0.3, 0.4) is 0 Å². The summed E-state index contributed by atoms with van der Waals surface area (Å²) in [4.78, 5) is 37.6. The molecular weight excluding hydrogens is 685 g/mol. The van der Waals surface area contributed by atoms with Crippen LogP contribution in [0, 0.1) is 5.92 Å². The molecule has 6 heteroatoms. The van der Waals surface area contributed by atoms with Gasteiger partial charge in [-0.1, -0.05) is 233 Å². The van der Waals surface area contributed by atoms with Crippen LogP contribution >= 0.6 is 0 Å². The SMILES string of the molecule is CCCCCCCCCCCCCCCCCCCCCC(=O)OC[C@H](COC(=O)CCCCCCCCC)OC(=O)CCCCCCCCCCC(C)C. The van der Waals surface area contributed by atoms with Crippen molar-refractivity contribution in [2.45, 2.75) is 278 Å². The Hall–Kier alpha value is -1.59. The van der Waals surface area contributed by atoms with Crippen LogP contribution in [0.5, 0.6) is 0 Å². The molecule has 0 aromatic rings. The van der Waals surface area contributed by atoms with Gasteiger partial charge in [-0.3, -0.25) is 14.4 Å². The number of esters is 3. The van der Waals surface area contributed by atoms with Gasteiger partial charge in [0.2, 0.25) is 0 Å². The van der Waals surface area contributed by atoms with Gasteiger partial charge in [0, 0.05) is 19.3 Å². The Kier molecular flexibility index (Phi) is 42.3. The van der Waals surface area contributed by atoms with Crippen molar-refractivity contribution in [3.8, 4) is 0 Å². The van der Waals surface area contributed by atoms with Crippen molar-refractivity contribution in [2.24, 2.45) is 5.92 Å². The highest BCUT2D eigenvalue weighted by atomic mass is 16.6. The Morgan fingerprint density at radius 2 is 0.600 bits per heavy atom. The molecule has 0 saturated carbocycles. The van der Waals surface area contributed by atoms with Crippen LogP contribution in [0.1, 0.15) is 272 Å². The zero-order valence-corrected chi connectivity index (χ0v) is 37.4. The van der Waals surface area contributed by atoms with E-state index in [0.717, 1.165) is 63.7 Å². The number of hydrogen-bond acceptors (Lipinski definition) is 6. The number of carbonyl (C=O) groups excluding carboxylic acids is 3. The maximum absolute atomic E-state index is 12.7. The third-order valence-electron chi connectivity index (χ3n) is 11.0. The standard InChI is InChI=1S/C49H94O6/c1-5-7-9-11-13-14-15-16-17-18-19-20-21-22-23-24-29-33-37-41-48(51)54-44-46(43-53-47(50)40-36-32-27-12-10-8-6-2)55-49(52)42-38-34-30-26-25-28-31-35-39-45(3)4/h45-46H,5-44H2,1-4H3/t46-/m0/s1. The molecule has 0 spiro atoms. The van der Waals surface area contributed by atoms with E-state index in [9.17, 15) is 14.4 Å². The summed E-state index contributed by atoms with van der Waals surface area (Å²) < 4.78 is 16.7. The third-order valence-corrected chi connectivity index (χ3v) is 11.0. The summed E-state index contributed by atoms with van der Waals surface area (Å²) in [5.41, 5.74) is 0. The molecule has 0 aliphatic rings. The van der Waals surface area contributed by atoms with Crippen LogP contribution in [0.25, 0.3) is 0 Å². The molecule has 0 rings (SSSR count). The van der Waals surface area contributed by atoms with Gasteiger partial charge in [0.25, 0.3) is 0 Å². The number of unbranched alkanes of at least 4 members (excludes halogenated alkanes) is 31. The maximum atomic E-state index is 12.7. The van der Waals surface area contributed by atoms with Crippen LogP contribution in [-0.4, -0.2) is 37.2 Å². The quantitative estimate of drug-likeness (QED) is 0.0348. The lowest BCUT2D eigenvalue weighted by Gasteiger charge is -2.18. The second-order valence-electron chi connectivity index (χ2n) is 17.2. The van der Waals surface area contributed by atoms with Gasteiger partial charge in [0.1, 0.15) is 13.2 Å². The highest BCUT2D eigenvalue weighted by Gasteiger charge is 2.19. The molecule has 0 unspecified atom stereocenters. The van der Waals surface area contributed by atoms with Gasteiger partial charge in [0.15, 0.2) is 6.10 Å². The topological polar surface area (TPSA) is 78.9 Å². The van der Waals surface area contributed by atoms with Crippen LogP contribution in [0.15, 0.2) is 0 Å². The molecule has 0 fully saturated rings. The minimum Gasteiger partial charge on any atom is -0.462 e. The molecular formula is C49H94O6. The molecule has 55 heavy (non-hydrogen) atoms. The van der Waals surface area contributed by atoms with E-state index in [4.69, 9.17) is 14.2 Å². The molecule has 0 radical (unpaired) electrons. The summed E-state index contributed by atoms with van der Waals surface area (Å²) in [6, 6.07) is 0. The molecule has 0 aromatic carbocycles. The van der Waals surface area contributed by atoms with Crippen LogP contribution in [0.2, 0.25) is 0 Å². The van der Waals surface area contributed by atoms with Crippen molar-refractivity contribution in [1.29, 1.82) is 0 Å². The largest absolute Gasteiger partial charge is 0.462 e. The average Bonchev–Trinajstić information content (AvgIpc) is 3.17. The lowest BCUT2D eigenvalue weighted by atomic mass is 10.0.